The van der Waals surface area contributed by atoms with Crippen molar-refractivity contribution >= 4 is 27.3 Å². The Labute approximate surface area is 223 Å². The van der Waals surface area contributed by atoms with E-state index in [4.69, 9.17) is 0 Å². The summed E-state index contributed by atoms with van der Waals surface area (Å²) >= 11 is 0. The van der Waals surface area contributed by atoms with Crippen LogP contribution in [-0.2, 0) is 16.4 Å². The van der Waals surface area contributed by atoms with Crippen LogP contribution >= 0.6 is 0 Å². The predicted octanol–water partition coefficient (Wildman–Crippen LogP) is 4.58. The van der Waals surface area contributed by atoms with Crippen LogP contribution in [0.5, 0.6) is 0 Å². The van der Waals surface area contributed by atoms with Crippen molar-refractivity contribution in [3.8, 4) is 0 Å². The molecule has 1 aliphatic heterocycles. The molecule has 1 heterocycles. The SMILES string of the molecule is CCN1CCN(c2ccc(NC(=O)c3ccccc3F)cc2S(=O)(=O)NC2CCCc3ccccc32)CC1. The largest absolute Gasteiger partial charge is 0.368 e. The number of nitrogens with zero attached hydrogens (tertiary/aromatic N) is 2. The standard InChI is InChI=1S/C29H33FN4O3S/c1-2-33-16-18-34(19-17-33)27-15-14-22(31-29(35)24-11-5-6-12-25(24)30)20-28(27)38(36,37)32-26-13-7-9-21-8-3-4-10-23(21)26/h3-6,8,10-12,14-15,20,26,32H,2,7,9,13,16-19H2,1H3,(H,31,35). The Balaban J connectivity index is 1.48. The Morgan fingerprint density at radius 1 is 1.00 bits per heavy atom. The molecule has 1 unspecified atom stereocenters. The number of halogens is 1. The number of likely N-dealkylation sites (N-methyl/N-ethyl adjacent to an activating group) is 1. The predicted molar refractivity (Wildman–Crippen MR) is 148 cm³/mol. The van der Waals surface area contributed by atoms with Gasteiger partial charge in [-0.05, 0) is 67.3 Å². The average Bonchev–Trinajstić information content (AvgIpc) is 2.93. The first-order valence-corrected chi connectivity index (χ1v) is 14.6. The molecule has 5 rings (SSSR count). The third-order valence-electron chi connectivity index (χ3n) is 7.45. The van der Waals surface area contributed by atoms with Crippen molar-refractivity contribution in [2.45, 2.75) is 37.1 Å². The molecule has 200 valence electrons. The van der Waals surface area contributed by atoms with E-state index >= 15 is 0 Å². The number of rotatable bonds is 7. The van der Waals surface area contributed by atoms with E-state index in [0.717, 1.165) is 43.6 Å². The smallest absolute Gasteiger partial charge is 0.258 e. The van der Waals surface area contributed by atoms with Crippen LogP contribution in [0.4, 0.5) is 15.8 Å². The van der Waals surface area contributed by atoms with E-state index in [0.29, 0.717) is 30.9 Å². The van der Waals surface area contributed by atoms with Crippen LogP contribution in [0.2, 0.25) is 0 Å². The monoisotopic (exact) mass is 536 g/mol. The zero-order chi connectivity index (χ0) is 26.7. The van der Waals surface area contributed by atoms with E-state index in [1.807, 2.05) is 24.3 Å². The first-order valence-electron chi connectivity index (χ1n) is 13.1. The summed E-state index contributed by atoms with van der Waals surface area (Å²) in [6.07, 6.45) is 2.54. The number of piperazine rings is 1. The molecule has 0 saturated carbocycles. The number of nitrogens with one attached hydrogen (secondary N) is 2. The number of carbonyl (C=O) groups is 1. The highest BCUT2D eigenvalue weighted by molar-refractivity contribution is 7.89. The number of carbonyl (C=O) groups excluding carboxylic acids is 1. The highest BCUT2D eigenvalue weighted by atomic mass is 32.2. The minimum atomic E-state index is -3.96. The van der Waals surface area contributed by atoms with Gasteiger partial charge in [0.2, 0.25) is 10.0 Å². The van der Waals surface area contributed by atoms with Crippen molar-refractivity contribution in [3.63, 3.8) is 0 Å². The highest BCUT2D eigenvalue weighted by Crippen LogP contribution is 2.34. The maximum atomic E-state index is 14.2. The molecule has 1 fully saturated rings. The van der Waals surface area contributed by atoms with Crippen LogP contribution in [0.1, 0.15) is 47.3 Å². The van der Waals surface area contributed by atoms with Gasteiger partial charge in [-0.25, -0.2) is 17.5 Å². The molecule has 1 saturated heterocycles. The maximum Gasteiger partial charge on any atom is 0.258 e. The summed E-state index contributed by atoms with van der Waals surface area (Å²) in [5, 5.41) is 2.68. The van der Waals surface area contributed by atoms with Gasteiger partial charge >= 0.3 is 0 Å². The fourth-order valence-electron chi connectivity index (χ4n) is 5.34. The Hall–Kier alpha value is -3.27. The molecule has 3 aromatic rings. The Kier molecular flexibility index (Phi) is 7.78. The molecular formula is C29H33FN4O3S. The quantitative estimate of drug-likeness (QED) is 0.462. The van der Waals surface area contributed by atoms with Gasteiger partial charge in [-0.15, -0.1) is 0 Å². The van der Waals surface area contributed by atoms with Gasteiger partial charge in [0.25, 0.3) is 5.91 Å². The van der Waals surface area contributed by atoms with E-state index in [2.05, 4.69) is 26.8 Å². The normalized spacial score (nSPS) is 18.2. The van der Waals surface area contributed by atoms with E-state index in [9.17, 15) is 17.6 Å². The summed E-state index contributed by atoms with van der Waals surface area (Å²) in [4.78, 5) is 17.3. The highest BCUT2D eigenvalue weighted by Gasteiger charge is 2.30. The van der Waals surface area contributed by atoms with Crippen LogP contribution < -0.4 is 14.9 Å². The molecule has 9 heteroatoms. The number of anilines is 2. The number of fused-ring (bicyclic) bond motifs is 1. The van der Waals surface area contributed by atoms with Gasteiger partial charge in [0.15, 0.2) is 0 Å². The van der Waals surface area contributed by atoms with Crippen molar-refractivity contribution in [2.75, 3.05) is 42.9 Å². The molecule has 0 bridgehead atoms. The van der Waals surface area contributed by atoms with Gasteiger partial charge in [-0.3, -0.25) is 4.79 Å². The van der Waals surface area contributed by atoms with Crippen molar-refractivity contribution < 1.29 is 17.6 Å². The van der Waals surface area contributed by atoms with Gasteiger partial charge in [0.1, 0.15) is 10.7 Å². The minimum Gasteiger partial charge on any atom is -0.368 e. The molecule has 0 spiro atoms. The Bertz CT molecular complexity index is 1420. The molecule has 2 N–H and O–H groups in total. The molecule has 38 heavy (non-hydrogen) atoms. The molecule has 1 atom stereocenters. The molecule has 3 aromatic carbocycles. The molecular weight excluding hydrogens is 503 g/mol. The van der Waals surface area contributed by atoms with Gasteiger partial charge in [-0.2, -0.15) is 0 Å². The van der Waals surface area contributed by atoms with Crippen LogP contribution in [-0.4, -0.2) is 51.9 Å². The van der Waals surface area contributed by atoms with Crippen LogP contribution in [0.25, 0.3) is 0 Å². The Morgan fingerprint density at radius 2 is 1.74 bits per heavy atom. The Morgan fingerprint density at radius 3 is 2.50 bits per heavy atom. The van der Waals surface area contributed by atoms with Gasteiger partial charge in [-0.1, -0.05) is 43.3 Å². The lowest BCUT2D eigenvalue weighted by molar-refractivity contribution is 0.102. The molecule has 1 aliphatic carbocycles. The molecule has 0 radical (unpaired) electrons. The van der Waals surface area contributed by atoms with Gasteiger partial charge in [0, 0.05) is 37.9 Å². The summed E-state index contributed by atoms with van der Waals surface area (Å²) in [7, 11) is -3.96. The number of amides is 1. The molecule has 0 aromatic heterocycles. The third-order valence-corrected chi connectivity index (χ3v) is 8.95. The zero-order valence-electron chi connectivity index (χ0n) is 21.5. The molecule has 7 nitrogen and oxygen atoms in total. The number of hydrogen-bond donors (Lipinski definition) is 2. The van der Waals surface area contributed by atoms with E-state index in [-0.39, 0.29) is 16.5 Å². The zero-order valence-corrected chi connectivity index (χ0v) is 22.3. The van der Waals surface area contributed by atoms with Crippen molar-refractivity contribution in [2.24, 2.45) is 0 Å². The van der Waals surface area contributed by atoms with E-state index in [1.54, 1.807) is 18.2 Å². The van der Waals surface area contributed by atoms with Crippen molar-refractivity contribution in [1.82, 2.24) is 9.62 Å². The average molecular weight is 537 g/mol. The third kappa shape index (κ3) is 5.60. The second-order valence-electron chi connectivity index (χ2n) is 9.80. The summed E-state index contributed by atoms with van der Waals surface area (Å²) in [6, 6.07) is 18.2. The van der Waals surface area contributed by atoms with Crippen LogP contribution in [0.15, 0.2) is 71.6 Å². The van der Waals surface area contributed by atoms with Gasteiger partial charge in [0.05, 0.1) is 11.3 Å². The fraction of sp³-hybridized carbons (Fsp3) is 0.345. The summed E-state index contributed by atoms with van der Waals surface area (Å²) in [5.41, 5.74) is 2.95. The second kappa shape index (κ2) is 11.2. The van der Waals surface area contributed by atoms with Crippen molar-refractivity contribution in [1.29, 1.82) is 0 Å². The van der Waals surface area contributed by atoms with Crippen molar-refractivity contribution in [3.05, 3.63) is 89.2 Å². The first kappa shape index (κ1) is 26.3. The number of hydrogen-bond acceptors (Lipinski definition) is 5. The number of aryl methyl sites for hydroxylation is 1. The summed E-state index contributed by atoms with van der Waals surface area (Å²) in [5.74, 6) is -1.27. The lowest BCUT2D eigenvalue weighted by Gasteiger charge is -2.36. The van der Waals surface area contributed by atoms with E-state index in [1.165, 1.54) is 24.3 Å². The molecule has 1 amide bonds. The van der Waals surface area contributed by atoms with Crippen LogP contribution in [0, 0.1) is 5.82 Å². The fourth-order valence-corrected chi connectivity index (χ4v) is 6.85. The van der Waals surface area contributed by atoms with Crippen LogP contribution in [0.3, 0.4) is 0 Å². The molecule has 2 aliphatic rings. The second-order valence-corrected chi connectivity index (χ2v) is 11.5. The van der Waals surface area contributed by atoms with Gasteiger partial charge < -0.3 is 15.1 Å². The number of sulfonamides is 1. The topological polar surface area (TPSA) is 81.8 Å². The lowest BCUT2D eigenvalue weighted by atomic mass is 9.88. The first-order chi connectivity index (χ1) is 18.4. The summed E-state index contributed by atoms with van der Waals surface area (Å²) in [6.45, 7) is 6.14. The minimum absolute atomic E-state index is 0.103. The summed E-state index contributed by atoms with van der Waals surface area (Å²) < 4.78 is 45.0. The number of benzene rings is 3. The maximum absolute atomic E-state index is 14.2. The van der Waals surface area contributed by atoms with E-state index < -0.39 is 21.7 Å². The lowest BCUT2D eigenvalue weighted by Crippen LogP contribution is -2.46.